The third-order valence-electron chi connectivity index (χ3n) is 4.67. The van der Waals surface area contributed by atoms with Crippen molar-refractivity contribution in [2.45, 2.75) is 52.7 Å². The van der Waals surface area contributed by atoms with E-state index in [0.717, 1.165) is 30.4 Å². The van der Waals surface area contributed by atoms with Crippen LogP contribution in [0.1, 0.15) is 46.1 Å². The fourth-order valence-electron chi connectivity index (χ4n) is 3.33. The van der Waals surface area contributed by atoms with Crippen LogP contribution in [0, 0.1) is 5.92 Å². The van der Waals surface area contributed by atoms with E-state index in [2.05, 4.69) is 54.3 Å². The van der Waals surface area contributed by atoms with Gasteiger partial charge >= 0.3 is 0 Å². The van der Waals surface area contributed by atoms with Crippen LogP contribution in [0.15, 0.2) is 29.3 Å². The molecule has 27 heavy (non-hydrogen) atoms. The first-order valence-electron chi connectivity index (χ1n) is 9.85. The number of hydrogen-bond acceptors (Lipinski definition) is 3. The number of nitrogens with one attached hydrogen (secondary N) is 2. The normalized spacial score (nSPS) is 18.6. The van der Waals surface area contributed by atoms with Gasteiger partial charge in [0.1, 0.15) is 11.4 Å². The molecule has 1 fully saturated rings. The van der Waals surface area contributed by atoms with E-state index in [4.69, 9.17) is 4.74 Å². The van der Waals surface area contributed by atoms with Gasteiger partial charge in [0.05, 0.1) is 0 Å². The number of halogens is 1. The van der Waals surface area contributed by atoms with Crippen LogP contribution in [0.3, 0.4) is 0 Å². The summed E-state index contributed by atoms with van der Waals surface area (Å²) in [5.74, 6) is 2.47. The monoisotopic (exact) mass is 488 g/mol. The molecule has 0 aliphatic carbocycles. The topological polar surface area (TPSA) is 48.9 Å². The smallest absolute Gasteiger partial charge is 0.191 e. The molecule has 2 rings (SSSR count). The Morgan fingerprint density at radius 1 is 1.26 bits per heavy atom. The quantitative estimate of drug-likeness (QED) is 0.363. The first kappa shape index (κ1) is 24.0. The first-order chi connectivity index (χ1) is 12.4. The van der Waals surface area contributed by atoms with Crippen molar-refractivity contribution in [3.05, 3.63) is 29.8 Å². The Hall–Kier alpha value is -1.02. The minimum Gasteiger partial charge on any atom is -0.488 e. The molecule has 1 unspecified atom stereocenters. The second-order valence-electron chi connectivity index (χ2n) is 8.03. The van der Waals surface area contributed by atoms with Crippen LogP contribution in [-0.4, -0.2) is 49.7 Å². The van der Waals surface area contributed by atoms with Gasteiger partial charge in [0.15, 0.2) is 5.96 Å². The minimum absolute atomic E-state index is 0. The summed E-state index contributed by atoms with van der Waals surface area (Å²) < 4.78 is 6.07. The maximum Gasteiger partial charge on any atom is 0.191 e. The summed E-state index contributed by atoms with van der Waals surface area (Å²) in [6.07, 6.45) is 2.59. The number of guanidine groups is 1. The third-order valence-corrected chi connectivity index (χ3v) is 4.67. The third kappa shape index (κ3) is 8.68. The maximum absolute atomic E-state index is 6.07. The molecule has 1 saturated heterocycles. The van der Waals surface area contributed by atoms with Gasteiger partial charge in [-0.25, -0.2) is 0 Å². The van der Waals surface area contributed by atoms with Crippen LogP contribution in [0.2, 0.25) is 0 Å². The molecule has 1 aromatic carbocycles. The average Bonchev–Trinajstić information content (AvgIpc) is 2.62. The highest BCUT2D eigenvalue weighted by atomic mass is 127. The summed E-state index contributed by atoms with van der Waals surface area (Å²) in [4.78, 5) is 6.90. The van der Waals surface area contributed by atoms with Crippen molar-refractivity contribution in [1.82, 2.24) is 15.5 Å². The van der Waals surface area contributed by atoms with Gasteiger partial charge in [-0.15, -0.1) is 24.0 Å². The molecule has 2 N–H and O–H groups in total. The Bertz CT molecular complexity index is 586. The summed E-state index contributed by atoms with van der Waals surface area (Å²) in [6.45, 7) is 13.7. The molecular formula is C21H37IN4O. The molecule has 0 aromatic heterocycles. The Morgan fingerprint density at radius 2 is 2.00 bits per heavy atom. The molecule has 0 amide bonds. The Balaban J connectivity index is 0.00000364. The molecule has 1 aliphatic heterocycles. The van der Waals surface area contributed by atoms with Crippen LogP contribution >= 0.6 is 24.0 Å². The van der Waals surface area contributed by atoms with E-state index in [0.29, 0.717) is 12.5 Å². The van der Waals surface area contributed by atoms with Crippen molar-refractivity contribution in [3.8, 4) is 5.75 Å². The van der Waals surface area contributed by atoms with Crippen molar-refractivity contribution in [3.63, 3.8) is 0 Å². The number of likely N-dealkylation sites (tertiary alicyclic amines) is 1. The SMILES string of the molecule is CCN1CCCC(CNC(=NC)NCc2ccccc2OC(C)(C)C)C1.I. The van der Waals surface area contributed by atoms with Crippen molar-refractivity contribution in [1.29, 1.82) is 0 Å². The van der Waals surface area contributed by atoms with E-state index in [9.17, 15) is 0 Å². The first-order valence-corrected chi connectivity index (χ1v) is 9.85. The molecule has 5 nitrogen and oxygen atoms in total. The number of aliphatic imine (C=N–C) groups is 1. The molecule has 1 aliphatic rings. The van der Waals surface area contributed by atoms with Gasteiger partial charge < -0.3 is 20.3 Å². The van der Waals surface area contributed by atoms with Crippen molar-refractivity contribution in [2.75, 3.05) is 33.2 Å². The van der Waals surface area contributed by atoms with Crippen molar-refractivity contribution >= 4 is 29.9 Å². The lowest BCUT2D eigenvalue weighted by molar-refractivity contribution is 0.129. The maximum atomic E-state index is 6.07. The van der Waals surface area contributed by atoms with E-state index in [1.54, 1.807) is 0 Å². The zero-order valence-electron chi connectivity index (χ0n) is 17.5. The van der Waals surface area contributed by atoms with Gasteiger partial charge in [0.25, 0.3) is 0 Å². The molecule has 0 radical (unpaired) electrons. The summed E-state index contributed by atoms with van der Waals surface area (Å²) >= 11 is 0. The summed E-state index contributed by atoms with van der Waals surface area (Å²) in [6, 6.07) is 8.19. The van der Waals surface area contributed by atoms with Gasteiger partial charge in [-0.2, -0.15) is 0 Å². The van der Waals surface area contributed by atoms with Gasteiger partial charge in [0, 0.05) is 32.2 Å². The van der Waals surface area contributed by atoms with Crippen LogP contribution in [0.5, 0.6) is 5.75 Å². The van der Waals surface area contributed by atoms with Crippen LogP contribution < -0.4 is 15.4 Å². The number of ether oxygens (including phenoxy) is 1. The lowest BCUT2D eigenvalue weighted by atomic mass is 9.98. The Kier molecular flexibility index (Phi) is 10.4. The van der Waals surface area contributed by atoms with E-state index in [1.807, 2.05) is 25.2 Å². The number of para-hydroxylation sites is 1. The molecule has 0 bridgehead atoms. The molecular weight excluding hydrogens is 451 g/mol. The fourth-order valence-corrected chi connectivity index (χ4v) is 3.33. The summed E-state index contributed by atoms with van der Waals surface area (Å²) in [7, 11) is 1.83. The molecule has 1 heterocycles. The minimum atomic E-state index is -0.206. The Labute approximate surface area is 182 Å². The molecule has 1 aromatic rings. The molecule has 0 saturated carbocycles. The predicted molar refractivity (Wildman–Crippen MR) is 125 cm³/mol. The van der Waals surface area contributed by atoms with Gasteiger partial charge in [-0.3, -0.25) is 4.99 Å². The van der Waals surface area contributed by atoms with Crippen LogP contribution in [0.25, 0.3) is 0 Å². The average molecular weight is 488 g/mol. The number of hydrogen-bond donors (Lipinski definition) is 2. The van der Waals surface area contributed by atoms with E-state index >= 15 is 0 Å². The van der Waals surface area contributed by atoms with E-state index in [1.165, 1.54) is 25.9 Å². The highest BCUT2D eigenvalue weighted by Crippen LogP contribution is 2.22. The standard InChI is InChI=1S/C21H36N4O.HI/c1-6-25-13-9-10-17(16-25)14-23-20(22-5)24-15-18-11-7-8-12-19(18)26-21(2,3)4;/h7-8,11-12,17H,6,9-10,13-16H2,1-5H3,(H2,22,23,24);1H. The molecule has 6 heteroatoms. The lowest BCUT2D eigenvalue weighted by Gasteiger charge is -2.32. The zero-order chi connectivity index (χ0) is 19.0. The highest BCUT2D eigenvalue weighted by molar-refractivity contribution is 14.0. The van der Waals surface area contributed by atoms with Gasteiger partial charge in [-0.05, 0) is 58.7 Å². The van der Waals surface area contributed by atoms with Crippen LogP contribution in [0.4, 0.5) is 0 Å². The molecule has 0 spiro atoms. The number of rotatable bonds is 6. The highest BCUT2D eigenvalue weighted by Gasteiger charge is 2.19. The lowest BCUT2D eigenvalue weighted by Crippen LogP contribution is -2.44. The van der Waals surface area contributed by atoms with E-state index in [-0.39, 0.29) is 29.6 Å². The number of benzene rings is 1. The molecule has 154 valence electrons. The fraction of sp³-hybridized carbons (Fsp3) is 0.667. The second kappa shape index (κ2) is 11.7. The molecule has 1 atom stereocenters. The summed E-state index contributed by atoms with van der Waals surface area (Å²) in [5, 5.41) is 6.92. The number of nitrogens with zero attached hydrogens (tertiary/aromatic N) is 2. The summed E-state index contributed by atoms with van der Waals surface area (Å²) in [5.41, 5.74) is 0.933. The zero-order valence-corrected chi connectivity index (χ0v) is 19.9. The van der Waals surface area contributed by atoms with Crippen LogP contribution in [-0.2, 0) is 6.54 Å². The van der Waals surface area contributed by atoms with E-state index < -0.39 is 0 Å². The van der Waals surface area contributed by atoms with Crippen molar-refractivity contribution in [2.24, 2.45) is 10.9 Å². The Morgan fingerprint density at radius 3 is 2.67 bits per heavy atom. The second-order valence-corrected chi connectivity index (χ2v) is 8.03. The van der Waals surface area contributed by atoms with Crippen molar-refractivity contribution < 1.29 is 4.74 Å². The predicted octanol–water partition coefficient (Wildman–Crippen LogP) is 3.88. The number of piperidine rings is 1. The van der Waals surface area contributed by atoms with Gasteiger partial charge in [-0.1, -0.05) is 25.1 Å². The van der Waals surface area contributed by atoms with Gasteiger partial charge in [0.2, 0.25) is 0 Å². The largest absolute Gasteiger partial charge is 0.488 e.